The van der Waals surface area contributed by atoms with Crippen LogP contribution in [0.2, 0.25) is 0 Å². The van der Waals surface area contributed by atoms with Crippen LogP contribution in [0.4, 0.5) is 0 Å². The third kappa shape index (κ3) is 2.35. The molecule has 1 spiro atoms. The average Bonchev–Trinajstić information content (AvgIpc) is 2.76. The molecule has 3 heteroatoms. The van der Waals surface area contributed by atoms with E-state index in [0.717, 1.165) is 19.8 Å². The first kappa shape index (κ1) is 11.4. The second-order valence-corrected chi connectivity index (χ2v) is 5.32. The summed E-state index contributed by atoms with van der Waals surface area (Å²) in [4.78, 5) is 4.99. The molecule has 0 aromatic carbocycles. The van der Waals surface area contributed by atoms with Crippen LogP contribution in [0.15, 0.2) is 0 Å². The third-order valence-corrected chi connectivity index (χ3v) is 3.68. The zero-order chi connectivity index (χ0) is 10.9. The molecule has 15 heavy (non-hydrogen) atoms. The van der Waals surface area contributed by atoms with Crippen LogP contribution in [0.1, 0.15) is 33.6 Å². The van der Waals surface area contributed by atoms with E-state index in [0.29, 0.717) is 6.04 Å². The molecule has 2 saturated heterocycles. The first-order valence-electron chi connectivity index (χ1n) is 6.25. The van der Waals surface area contributed by atoms with Crippen molar-refractivity contribution in [3.8, 4) is 0 Å². The van der Waals surface area contributed by atoms with E-state index in [4.69, 9.17) is 4.74 Å². The highest BCUT2D eigenvalue weighted by molar-refractivity contribution is 4.97. The molecule has 88 valence electrons. The van der Waals surface area contributed by atoms with Crippen molar-refractivity contribution in [2.45, 2.75) is 45.3 Å². The fourth-order valence-electron chi connectivity index (χ4n) is 2.75. The zero-order valence-electron chi connectivity index (χ0n) is 10.3. The molecule has 2 aliphatic rings. The molecule has 2 rings (SSSR count). The minimum absolute atomic E-state index is 0.166. The normalized spacial score (nSPS) is 33.6. The van der Waals surface area contributed by atoms with Crippen molar-refractivity contribution in [1.82, 2.24) is 9.80 Å². The van der Waals surface area contributed by atoms with Gasteiger partial charge in [-0.15, -0.1) is 0 Å². The van der Waals surface area contributed by atoms with Crippen LogP contribution in [-0.4, -0.2) is 54.4 Å². The van der Waals surface area contributed by atoms with Crippen LogP contribution < -0.4 is 0 Å². The van der Waals surface area contributed by atoms with Crippen LogP contribution in [0.25, 0.3) is 0 Å². The lowest BCUT2D eigenvalue weighted by atomic mass is 10.0. The van der Waals surface area contributed by atoms with Gasteiger partial charge in [-0.05, 0) is 26.7 Å². The lowest BCUT2D eigenvalue weighted by Gasteiger charge is -2.25. The van der Waals surface area contributed by atoms with Crippen molar-refractivity contribution in [1.29, 1.82) is 0 Å². The standard InChI is InChI=1S/C12H24N2O/c1-4-6-13-8-12(15-10-13)5-7-14(9-12)11(2)3/h11H,4-10H2,1-3H3. The largest absolute Gasteiger partial charge is 0.357 e. The van der Waals surface area contributed by atoms with E-state index in [9.17, 15) is 0 Å². The molecule has 0 radical (unpaired) electrons. The van der Waals surface area contributed by atoms with Gasteiger partial charge in [-0.1, -0.05) is 6.92 Å². The Bertz CT molecular complexity index is 220. The van der Waals surface area contributed by atoms with E-state index in [1.807, 2.05) is 0 Å². The minimum Gasteiger partial charge on any atom is -0.357 e. The first-order valence-corrected chi connectivity index (χ1v) is 6.25. The van der Waals surface area contributed by atoms with Gasteiger partial charge in [-0.3, -0.25) is 9.80 Å². The molecule has 0 saturated carbocycles. The Labute approximate surface area is 93.4 Å². The smallest absolute Gasteiger partial charge is 0.1000 e. The summed E-state index contributed by atoms with van der Waals surface area (Å²) in [7, 11) is 0. The SMILES string of the molecule is CCCN1COC2(CCN(C(C)C)C2)C1. The molecule has 0 aromatic heterocycles. The van der Waals surface area contributed by atoms with Gasteiger partial charge in [-0.2, -0.15) is 0 Å². The minimum atomic E-state index is 0.166. The molecule has 2 fully saturated rings. The van der Waals surface area contributed by atoms with Crippen molar-refractivity contribution in [2.24, 2.45) is 0 Å². The molecule has 0 aliphatic carbocycles. The summed E-state index contributed by atoms with van der Waals surface area (Å²) >= 11 is 0. The summed E-state index contributed by atoms with van der Waals surface area (Å²) in [5.41, 5.74) is 0.166. The molecule has 0 aromatic rings. The Balaban J connectivity index is 1.89. The van der Waals surface area contributed by atoms with Crippen molar-refractivity contribution in [3.63, 3.8) is 0 Å². The fraction of sp³-hybridized carbons (Fsp3) is 1.00. The molecule has 2 aliphatic heterocycles. The van der Waals surface area contributed by atoms with E-state index in [-0.39, 0.29) is 5.60 Å². The lowest BCUT2D eigenvalue weighted by molar-refractivity contribution is 0.00998. The quantitative estimate of drug-likeness (QED) is 0.706. The molecule has 0 bridgehead atoms. The number of ether oxygens (including phenoxy) is 1. The highest BCUT2D eigenvalue weighted by atomic mass is 16.5. The van der Waals surface area contributed by atoms with Crippen molar-refractivity contribution in [2.75, 3.05) is 32.9 Å². The van der Waals surface area contributed by atoms with Gasteiger partial charge < -0.3 is 4.74 Å². The fourth-order valence-corrected chi connectivity index (χ4v) is 2.75. The summed E-state index contributed by atoms with van der Waals surface area (Å²) in [6.45, 7) is 12.3. The van der Waals surface area contributed by atoms with Gasteiger partial charge in [0.15, 0.2) is 0 Å². The number of likely N-dealkylation sites (tertiary alicyclic amines) is 1. The molecular formula is C12H24N2O. The summed E-state index contributed by atoms with van der Waals surface area (Å²) < 4.78 is 6.03. The van der Waals surface area contributed by atoms with Crippen LogP contribution >= 0.6 is 0 Å². The van der Waals surface area contributed by atoms with Gasteiger partial charge in [0.2, 0.25) is 0 Å². The van der Waals surface area contributed by atoms with Gasteiger partial charge in [-0.25, -0.2) is 0 Å². The topological polar surface area (TPSA) is 15.7 Å². The third-order valence-electron chi connectivity index (χ3n) is 3.68. The molecule has 3 nitrogen and oxygen atoms in total. The van der Waals surface area contributed by atoms with Gasteiger partial charge >= 0.3 is 0 Å². The molecule has 2 heterocycles. The first-order chi connectivity index (χ1) is 7.15. The highest BCUT2D eigenvalue weighted by Gasteiger charge is 2.44. The maximum Gasteiger partial charge on any atom is 0.1000 e. The Kier molecular flexibility index (Phi) is 3.33. The average molecular weight is 212 g/mol. The maximum absolute atomic E-state index is 6.03. The van der Waals surface area contributed by atoms with Crippen molar-refractivity contribution in [3.05, 3.63) is 0 Å². The van der Waals surface area contributed by atoms with Crippen LogP contribution in [0, 0.1) is 0 Å². The Morgan fingerprint density at radius 3 is 2.73 bits per heavy atom. The predicted molar refractivity (Wildman–Crippen MR) is 61.9 cm³/mol. The Morgan fingerprint density at radius 1 is 1.33 bits per heavy atom. The van der Waals surface area contributed by atoms with E-state index in [2.05, 4.69) is 30.6 Å². The van der Waals surface area contributed by atoms with Gasteiger partial charge in [0.25, 0.3) is 0 Å². The van der Waals surface area contributed by atoms with E-state index >= 15 is 0 Å². The lowest BCUT2D eigenvalue weighted by Crippen LogP contribution is -2.39. The summed E-state index contributed by atoms with van der Waals surface area (Å²) in [5, 5.41) is 0. The van der Waals surface area contributed by atoms with E-state index in [1.165, 1.54) is 25.9 Å². The number of rotatable bonds is 3. The van der Waals surface area contributed by atoms with Crippen molar-refractivity contribution >= 4 is 0 Å². The monoisotopic (exact) mass is 212 g/mol. The zero-order valence-corrected chi connectivity index (χ0v) is 10.3. The summed E-state index contributed by atoms with van der Waals surface area (Å²) in [6, 6.07) is 0.660. The second-order valence-electron chi connectivity index (χ2n) is 5.32. The summed E-state index contributed by atoms with van der Waals surface area (Å²) in [6.07, 6.45) is 2.44. The number of nitrogens with zero attached hydrogens (tertiary/aromatic N) is 2. The second kappa shape index (κ2) is 4.40. The molecular weight excluding hydrogens is 188 g/mol. The molecule has 0 N–H and O–H groups in total. The Hall–Kier alpha value is -0.120. The maximum atomic E-state index is 6.03. The Morgan fingerprint density at radius 2 is 2.13 bits per heavy atom. The van der Waals surface area contributed by atoms with Crippen LogP contribution in [-0.2, 0) is 4.74 Å². The van der Waals surface area contributed by atoms with E-state index < -0.39 is 0 Å². The van der Waals surface area contributed by atoms with E-state index in [1.54, 1.807) is 0 Å². The van der Waals surface area contributed by atoms with Gasteiger partial charge in [0.1, 0.15) is 0 Å². The predicted octanol–water partition coefficient (Wildman–Crippen LogP) is 1.54. The van der Waals surface area contributed by atoms with Gasteiger partial charge in [0.05, 0.1) is 12.3 Å². The molecule has 1 unspecified atom stereocenters. The molecule has 0 amide bonds. The highest BCUT2D eigenvalue weighted by Crippen LogP contribution is 2.32. The van der Waals surface area contributed by atoms with Gasteiger partial charge in [0, 0.05) is 32.2 Å². The molecule has 1 atom stereocenters. The van der Waals surface area contributed by atoms with Crippen molar-refractivity contribution < 1.29 is 4.74 Å². The summed E-state index contributed by atoms with van der Waals surface area (Å²) in [5.74, 6) is 0. The number of hydrogen-bond donors (Lipinski definition) is 0. The number of hydrogen-bond acceptors (Lipinski definition) is 3. The van der Waals surface area contributed by atoms with Crippen LogP contribution in [0.3, 0.4) is 0 Å². The van der Waals surface area contributed by atoms with Crippen LogP contribution in [0.5, 0.6) is 0 Å².